The smallest absolute Gasteiger partial charge is 0.258 e. The normalized spacial score (nSPS) is 22.5. The van der Waals surface area contributed by atoms with Crippen molar-refractivity contribution >= 4 is 5.91 Å². The van der Waals surface area contributed by atoms with Crippen molar-refractivity contribution in [2.24, 2.45) is 0 Å². The summed E-state index contributed by atoms with van der Waals surface area (Å²) in [6, 6.07) is 5.30. The zero-order valence-electron chi connectivity index (χ0n) is 12.4. The lowest BCUT2D eigenvalue weighted by molar-refractivity contribution is -0.0387. The molecule has 1 aromatic carbocycles. The second kappa shape index (κ2) is 6.13. The van der Waals surface area contributed by atoms with Gasteiger partial charge in [0.25, 0.3) is 5.91 Å². The summed E-state index contributed by atoms with van der Waals surface area (Å²) in [5.41, 5.74) is 0.550. The summed E-state index contributed by atoms with van der Waals surface area (Å²) in [4.78, 5) is 14.5. The molecule has 5 nitrogen and oxygen atoms in total. The maximum atomic E-state index is 12.7. The summed E-state index contributed by atoms with van der Waals surface area (Å²) >= 11 is 0. The minimum atomic E-state index is -0.0350. The van der Waals surface area contributed by atoms with Gasteiger partial charge < -0.3 is 19.1 Å². The molecule has 2 rings (SSSR count). The van der Waals surface area contributed by atoms with E-state index in [-0.39, 0.29) is 18.1 Å². The van der Waals surface area contributed by atoms with Gasteiger partial charge in [-0.15, -0.1) is 0 Å². The Morgan fingerprint density at radius 2 is 2.05 bits per heavy atom. The fourth-order valence-corrected chi connectivity index (χ4v) is 2.32. The maximum absolute atomic E-state index is 12.7. The number of morpholine rings is 1. The summed E-state index contributed by atoms with van der Waals surface area (Å²) in [5.74, 6) is 1.16. The van der Waals surface area contributed by atoms with Gasteiger partial charge in [0.15, 0.2) is 0 Å². The lowest BCUT2D eigenvalue weighted by atomic mass is 10.1. The minimum absolute atomic E-state index is 0.0350. The quantitative estimate of drug-likeness (QED) is 0.848. The van der Waals surface area contributed by atoms with Gasteiger partial charge in [0.05, 0.1) is 38.5 Å². The van der Waals surface area contributed by atoms with E-state index < -0.39 is 0 Å². The van der Waals surface area contributed by atoms with E-state index in [0.29, 0.717) is 30.2 Å². The fraction of sp³-hybridized carbons (Fsp3) is 0.533. The molecule has 0 radical (unpaired) electrons. The second-order valence-electron chi connectivity index (χ2n) is 5.02. The number of carbonyl (C=O) groups is 1. The van der Waals surface area contributed by atoms with Gasteiger partial charge in [0.2, 0.25) is 0 Å². The molecule has 20 heavy (non-hydrogen) atoms. The summed E-state index contributed by atoms with van der Waals surface area (Å²) in [6.07, 6.45) is 0.0550. The molecule has 0 spiro atoms. The molecule has 1 aliphatic rings. The highest BCUT2D eigenvalue weighted by Crippen LogP contribution is 2.27. The lowest BCUT2D eigenvalue weighted by Crippen LogP contribution is -2.50. The Morgan fingerprint density at radius 3 is 2.70 bits per heavy atom. The van der Waals surface area contributed by atoms with Crippen LogP contribution in [0.2, 0.25) is 0 Å². The van der Waals surface area contributed by atoms with Crippen LogP contribution in [-0.2, 0) is 4.74 Å². The van der Waals surface area contributed by atoms with Crippen LogP contribution in [0.3, 0.4) is 0 Å². The van der Waals surface area contributed by atoms with Crippen LogP contribution in [0, 0.1) is 0 Å². The highest BCUT2D eigenvalue weighted by Gasteiger charge is 2.29. The number of ether oxygens (including phenoxy) is 3. The average Bonchev–Trinajstić information content (AvgIpc) is 2.48. The highest BCUT2D eigenvalue weighted by atomic mass is 16.5. The molecule has 5 heteroatoms. The summed E-state index contributed by atoms with van der Waals surface area (Å²) < 4.78 is 16.0. The Kier molecular flexibility index (Phi) is 4.49. The van der Waals surface area contributed by atoms with Gasteiger partial charge in [-0.3, -0.25) is 4.79 Å². The molecular formula is C15H21NO4. The van der Waals surface area contributed by atoms with E-state index >= 15 is 0 Å². The molecule has 0 aliphatic carbocycles. The average molecular weight is 279 g/mol. The van der Waals surface area contributed by atoms with Crippen molar-refractivity contribution in [2.45, 2.75) is 26.0 Å². The third-order valence-electron chi connectivity index (χ3n) is 3.51. The van der Waals surface area contributed by atoms with Gasteiger partial charge in [-0.05, 0) is 26.0 Å². The van der Waals surface area contributed by atoms with Crippen LogP contribution in [0.15, 0.2) is 18.2 Å². The largest absolute Gasteiger partial charge is 0.497 e. The van der Waals surface area contributed by atoms with Gasteiger partial charge in [-0.1, -0.05) is 0 Å². The van der Waals surface area contributed by atoms with E-state index in [0.717, 1.165) is 0 Å². The van der Waals surface area contributed by atoms with E-state index in [1.165, 1.54) is 0 Å². The molecule has 1 amide bonds. The number of hydrogen-bond donors (Lipinski definition) is 0. The van der Waals surface area contributed by atoms with Crippen LogP contribution >= 0.6 is 0 Å². The topological polar surface area (TPSA) is 48.0 Å². The Balaban J connectivity index is 2.28. The minimum Gasteiger partial charge on any atom is -0.497 e. The molecule has 1 aromatic rings. The first-order chi connectivity index (χ1) is 9.56. The SMILES string of the molecule is COc1ccc(C(=O)N2CC(C)OCC2C)c(OC)c1. The molecular weight excluding hydrogens is 258 g/mol. The third kappa shape index (κ3) is 2.88. The van der Waals surface area contributed by atoms with Gasteiger partial charge in [-0.2, -0.15) is 0 Å². The number of nitrogens with zero attached hydrogens (tertiary/aromatic N) is 1. The molecule has 0 bridgehead atoms. The monoisotopic (exact) mass is 279 g/mol. The molecule has 1 heterocycles. The van der Waals surface area contributed by atoms with E-state index in [1.807, 2.05) is 18.7 Å². The molecule has 110 valence electrons. The first kappa shape index (κ1) is 14.7. The van der Waals surface area contributed by atoms with Crippen LogP contribution in [0.25, 0.3) is 0 Å². The molecule has 2 unspecified atom stereocenters. The summed E-state index contributed by atoms with van der Waals surface area (Å²) in [7, 11) is 3.14. The molecule has 0 saturated carbocycles. The number of hydrogen-bond acceptors (Lipinski definition) is 4. The van der Waals surface area contributed by atoms with Crippen molar-refractivity contribution in [1.82, 2.24) is 4.90 Å². The van der Waals surface area contributed by atoms with Gasteiger partial charge in [-0.25, -0.2) is 0 Å². The van der Waals surface area contributed by atoms with Crippen molar-refractivity contribution in [3.63, 3.8) is 0 Å². The van der Waals surface area contributed by atoms with Crippen LogP contribution < -0.4 is 9.47 Å². The van der Waals surface area contributed by atoms with Crippen LogP contribution in [0.1, 0.15) is 24.2 Å². The van der Waals surface area contributed by atoms with Crippen molar-refractivity contribution in [3.8, 4) is 11.5 Å². The Labute approximate surface area is 119 Å². The first-order valence-electron chi connectivity index (χ1n) is 6.71. The lowest BCUT2D eigenvalue weighted by Gasteiger charge is -2.37. The van der Waals surface area contributed by atoms with Crippen molar-refractivity contribution < 1.29 is 19.0 Å². The first-order valence-corrected chi connectivity index (χ1v) is 6.71. The van der Waals surface area contributed by atoms with Gasteiger partial charge in [0, 0.05) is 12.6 Å². The second-order valence-corrected chi connectivity index (χ2v) is 5.02. The molecule has 1 saturated heterocycles. The Bertz CT molecular complexity index is 489. The van der Waals surface area contributed by atoms with E-state index in [4.69, 9.17) is 14.2 Å². The van der Waals surface area contributed by atoms with Crippen LogP contribution in [0.4, 0.5) is 0 Å². The fourth-order valence-electron chi connectivity index (χ4n) is 2.32. The third-order valence-corrected chi connectivity index (χ3v) is 3.51. The van der Waals surface area contributed by atoms with Crippen molar-refractivity contribution in [3.05, 3.63) is 23.8 Å². The van der Waals surface area contributed by atoms with Crippen LogP contribution in [0.5, 0.6) is 11.5 Å². The number of benzene rings is 1. The van der Waals surface area contributed by atoms with E-state index in [2.05, 4.69) is 0 Å². The summed E-state index contributed by atoms with van der Waals surface area (Å²) in [5, 5.41) is 0. The number of carbonyl (C=O) groups excluding carboxylic acids is 1. The van der Waals surface area contributed by atoms with Crippen molar-refractivity contribution in [1.29, 1.82) is 0 Å². The predicted molar refractivity (Wildman–Crippen MR) is 75.5 cm³/mol. The zero-order chi connectivity index (χ0) is 14.7. The molecule has 1 fully saturated rings. The Morgan fingerprint density at radius 1 is 1.30 bits per heavy atom. The predicted octanol–water partition coefficient (Wildman–Crippen LogP) is 1.95. The standard InChI is InChI=1S/C15H21NO4/c1-10-9-20-11(2)8-16(10)15(17)13-6-5-12(18-3)7-14(13)19-4/h5-7,10-11H,8-9H2,1-4H3. The molecule has 0 aromatic heterocycles. The van der Waals surface area contributed by atoms with Gasteiger partial charge in [0.1, 0.15) is 11.5 Å². The number of amides is 1. The van der Waals surface area contributed by atoms with E-state index in [1.54, 1.807) is 32.4 Å². The maximum Gasteiger partial charge on any atom is 0.258 e. The zero-order valence-corrected chi connectivity index (χ0v) is 12.4. The van der Waals surface area contributed by atoms with E-state index in [9.17, 15) is 4.79 Å². The van der Waals surface area contributed by atoms with Gasteiger partial charge >= 0.3 is 0 Å². The molecule has 2 atom stereocenters. The molecule has 0 N–H and O–H groups in total. The number of methoxy groups -OCH3 is 2. The van der Waals surface area contributed by atoms with Crippen molar-refractivity contribution in [2.75, 3.05) is 27.4 Å². The molecule has 1 aliphatic heterocycles. The highest BCUT2D eigenvalue weighted by molar-refractivity contribution is 5.97. The van der Waals surface area contributed by atoms with Crippen LogP contribution in [-0.4, -0.2) is 50.3 Å². The summed E-state index contributed by atoms with van der Waals surface area (Å²) in [6.45, 7) is 5.11. The Hall–Kier alpha value is -1.75. The number of rotatable bonds is 3.